The molecule has 1 aliphatic heterocycles. The van der Waals surface area contributed by atoms with Gasteiger partial charge in [0.25, 0.3) is 5.91 Å². The number of ether oxygens (including phenoxy) is 1. The minimum absolute atomic E-state index is 0.0645. The van der Waals surface area contributed by atoms with Crippen molar-refractivity contribution in [3.05, 3.63) is 75.6 Å². The van der Waals surface area contributed by atoms with Gasteiger partial charge in [0.15, 0.2) is 11.8 Å². The molecule has 3 aromatic rings. The van der Waals surface area contributed by atoms with Crippen molar-refractivity contribution in [2.75, 3.05) is 6.61 Å². The second-order valence-corrected chi connectivity index (χ2v) is 8.06. The fourth-order valence-electron chi connectivity index (χ4n) is 2.91. The highest BCUT2D eigenvalue weighted by molar-refractivity contribution is 9.10. The number of benzene rings is 3. The summed E-state index contributed by atoms with van der Waals surface area (Å²) in [7, 11) is 0. The maximum Gasteiger partial charge on any atom is 0.264 e. The van der Waals surface area contributed by atoms with Crippen LogP contribution in [0.4, 0.5) is 5.69 Å². The van der Waals surface area contributed by atoms with Crippen molar-refractivity contribution in [1.82, 2.24) is 5.32 Å². The van der Waals surface area contributed by atoms with Crippen LogP contribution < -0.4 is 10.1 Å². The number of fused-ring (bicyclic) bond motifs is 1. The van der Waals surface area contributed by atoms with Gasteiger partial charge in [-0.05, 0) is 47.5 Å². The minimum atomic E-state index is -0.222. The Kier molecular flexibility index (Phi) is 5.65. The molecular formula is C22H14BrN3O2S. The summed E-state index contributed by atoms with van der Waals surface area (Å²) < 4.78 is 6.31. The lowest BCUT2D eigenvalue weighted by atomic mass is 10.1. The van der Waals surface area contributed by atoms with Gasteiger partial charge in [-0.25, -0.2) is 4.99 Å². The Morgan fingerprint density at radius 3 is 2.86 bits per heavy atom. The maximum absolute atomic E-state index is 12.5. The predicted molar refractivity (Wildman–Crippen MR) is 120 cm³/mol. The number of nitrogens with zero attached hydrogens (tertiary/aromatic N) is 2. The molecule has 5 nitrogen and oxygen atoms in total. The monoisotopic (exact) mass is 463 g/mol. The van der Waals surface area contributed by atoms with Crippen LogP contribution in [0.1, 0.15) is 5.56 Å². The van der Waals surface area contributed by atoms with Gasteiger partial charge in [0.2, 0.25) is 0 Å². The SMILES string of the molecule is N#CCOc1ccc(Br)cc1C=C1SC(=Nc2cccc3ccccc23)NC1=O. The number of hydrogen-bond acceptors (Lipinski definition) is 5. The van der Waals surface area contributed by atoms with E-state index >= 15 is 0 Å². The lowest BCUT2D eigenvalue weighted by Crippen LogP contribution is -2.19. The molecule has 0 radical (unpaired) electrons. The van der Waals surface area contributed by atoms with Gasteiger partial charge < -0.3 is 10.1 Å². The van der Waals surface area contributed by atoms with Crippen molar-refractivity contribution < 1.29 is 9.53 Å². The highest BCUT2D eigenvalue weighted by Crippen LogP contribution is 2.33. The van der Waals surface area contributed by atoms with Gasteiger partial charge in [-0.1, -0.05) is 52.3 Å². The normalized spacial score (nSPS) is 16.2. The zero-order chi connectivity index (χ0) is 20.2. The van der Waals surface area contributed by atoms with E-state index < -0.39 is 0 Å². The summed E-state index contributed by atoms with van der Waals surface area (Å²) >= 11 is 4.70. The smallest absolute Gasteiger partial charge is 0.264 e. The summed E-state index contributed by atoms with van der Waals surface area (Å²) in [4.78, 5) is 17.6. The second-order valence-electron chi connectivity index (χ2n) is 6.11. The average Bonchev–Trinajstić information content (AvgIpc) is 3.06. The molecule has 1 heterocycles. The lowest BCUT2D eigenvalue weighted by molar-refractivity contribution is -0.115. The molecule has 1 saturated heterocycles. The average molecular weight is 464 g/mol. The largest absolute Gasteiger partial charge is 0.478 e. The van der Waals surface area contributed by atoms with Crippen molar-refractivity contribution in [3.8, 4) is 11.8 Å². The first-order valence-electron chi connectivity index (χ1n) is 8.71. The molecule has 1 aliphatic rings. The number of hydrogen-bond donors (Lipinski definition) is 1. The number of nitriles is 1. The van der Waals surface area contributed by atoms with Crippen LogP contribution in [0.15, 0.2) is 75.0 Å². The standard InChI is InChI=1S/C22H14BrN3O2S/c23-16-8-9-19(28-11-10-24)15(12-16)13-20-21(27)26-22(29-20)25-18-7-3-5-14-4-1-2-6-17(14)18/h1-9,12-13H,11H2,(H,25,26,27). The van der Waals surface area contributed by atoms with E-state index in [9.17, 15) is 4.79 Å². The van der Waals surface area contributed by atoms with Crippen molar-refractivity contribution in [2.45, 2.75) is 0 Å². The van der Waals surface area contributed by atoms with Crippen molar-refractivity contribution in [3.63, 3.8) is 0 Å². The molecule has 7 heteroatoms. The van der Waals surface area contributed by atoms with E-state index in [0.717, 1.165) is 20.9 Å². The molecule has 1 N–H and O–H groups in total. The molecule has 4 rings (SSSR count). The number of carbonyl (C=O) groups is 1. The Labute approximate surface area is 180 Å². The first kappa shape index (κ1) is 19.2. The molecule has 0 saturated carbocycles. The van der Waals surface area contributed by atoms with Gasteiger partial charge in [-0.2, -0.15) is 5.26 Å². The Balaban J connectivity index is 1.66. The number of carbonyl (C=O) groups excluding carboxylic acids is 1. The molecule has 0 spiro atoms. The van der Waals surface area contributed by atoms with E-state index in [-0.39, 0.29) is 12.5 Å². The van der Waals surface area contributed by atoms with E-state index in [1.807, 2.05) is 60.7 Å². The van der Waals surface area contributed by atoms with Crippen LogP contribution >= 0.6 is 27.7 Å². The number of thioether (sulfide) groups is 1. The van der Waals surface area contributed by atoms with Gasteiger partial charge in [0, 0.05) is 15.4 Å². The van der Waals surface area contributed by atoms with E-state index in [2.05, 4.69) is 26.2 Å². The zero-order valence-electron chi connectivity index (χ0n) is 15.1. The number of rotatable bonds is 4. The molecule has 0 atom stereocenters. The summed E-state index contributed by atoms with van der Waals surface area (Å²) in [5, 5.41) is 14.2. The Morgan fingerprint density at radius 2 is 2.00 bits per heavy atom. The van der Waals surface area contributed by atoms with Crippen LogP contribution in [0.3, 0.4) is 0 Å². The first-order valence-corrected chi connectivity index (χ1v) is 10.3. The van der Waals surface area contributed by atoms with E-state index in [1.165, 1.54) is 11.8 Å². The highest BCUT2D eigenvalue weighted by Gasteiger charge is 2.24. The summed E-state index contributed by atoms with van der Waals surface area (Å²) in [5.41, 5.74) is 1.51. The molecular weight excluding hydrogens is 450 g/mol. The maximum atomic E-state index is 12.5. The topological polar surface area (TPSA) is 74.5 Å². The predicted octanol–water partition coefficient (Wildman–Crippen LogP) is 5.40. The van der Waals surface area contributed by atoms with E-state index in [1.54, 1.807) is 12.1 Å². The van der Waals surface area contributed by atoms with Gasteiger partial charge >= 0.3 is 0 Å². The third-order valence-electron chi connectivity index (χ3n) is 4.19. The summed E-state index contributed by atoms with van der Waals surface area (Å²) in [6.07, 6.45) is 1.74. The second kappa shape index (κ2) is 8.52. The zero-order valence-corrected chi connectivity index (χ0v) is 17.5. The molecule has 3 aromatic carbocycles. The summed E-state index contributed by atoms with van der Waals surface area (Å²) in [6, 6.07) is 21.3. The quantitative estimate of drug-likeness (QED) is 0.525. The van der Waals surface area contributed by atoms with Crippen LogP contribution in [0.5, 0.6) is 5.75 Å². The fraction of sp³-hybridized carbons (Fsp3) is 0.0455. The van der Waals surface area contributed by atoms with Crippen LogP contribution in [0.25, 0.3) is 16.8 Å². The van der Waals surface area contributed by atoms with Crippen molar-refractivity contribution in [1.29, 1.82) is 5.26 Å². The van der Waals surface area contributed by atoms with Gasteiger partial charge in [0.05, 0.1) is 10.6 Å². The van der Waals surface area contributed by atoms with Crippen molar-refractivity contribution >= 4 is 61.3 Å². The molecule has 29 heavy (non-hydrogen) atoms. The summed E-state index contributed by atoms with van der Waals surface area (Å²) in [5.74, 6) is 0.315. The molecule has 142 valence electrons. The third kappa shape index (κ3) is 4.34. The number of halogens is 1. The molecule has 0 unspecified atom stereocenters. The third-order valence-corrected chi connectivity index (χ3v) is 5.59. The van der Waals surface area contributed by atoms with Crippen LogP contribution in [-0.2, 0) is 4.79 Å². The molecule has 0 aliphatic carbocycles. The minimum Gasteiger partial charge on any atom is -0.478 e. The van der Waals surface area contributed by atoms with Crippen molar-refractivity contribution in [2.24, 2.45) is 4.99 Å². The number of amidine groups is 1. The number of aliphatic imine (C=N–C) groups is 1. The van der Waals surface area contributed by atoms with E-state index in [4.69, 9.17) is 10.00 Å². The Hall–Kier alpha value is -3.08. The fourth-order valence-corrected chi connectivity index (χ4v) is 4.11. The van der Waals surface area contributed by atoms with E-state index in [0.29, 0.717) is 21.4 Å². The van der Waals surface area contributed by atoms with Gasteiger partial charge in [-0.3, -0.25) is 4.79 Å². The number of amides is 1. The molecule has 0 bridgehead atoms. The molecule has 1 amide bonds. The lowest BCUT2D eigenvalue weighted by Gasteiger charge is -2.07. The Morgan fingerprint density at radius 1 is 1.17 bits per heavy atom. The van der Waals surface area contributed by atoms with Gasteiger partial charge in [-0.15, -0.1) is 0 Å². The first-order chi connectivity index (χ1) is 14.1. The van der Waals surface area contributed by atoms with Crippen LogP contribution in [0.2, 0.25) is 0 Å². The molecule has 0 aromatic heterocycles. The van der Waals surface area contributed by atoms with Gasteiger partial charge in [0.1, 0.15) is 11.8 Å². The van der Waals surface area contributed by atoms with Crippen LogP contribution in [0, 0.1) is 11.3 Å². The molecule has 1 fully saturated rings. The summed E-state index contributed by atoms with van der Waals surface area (Å²) in [6.45, 7) is -0.0645. The van der Waals surface area contributed by atoms with Crippen LogP contribution in [-0.4, -0.2) is 17.7 Å². The Bertz CT molecular complexity index is 1210. The number of nitrogens with one attached hydrogen (secondary N) is 1. The highest BCUT2D eigenvalue weighted by atomic mass is 79.9.